The van der Waals surface area contributed by atoms with Gasteiger partial charge in [0.25, 0.3) is 5.91 Å². The van der Waals surface area contributed by atoms with Gasteiger partial charge in [0.2, 0.25) is 0 Å². The van der Waals surface area contributed by atoms with Crippen LogP contribution in [0.3, 0.4) is 0 Å². The quantitative estimate of drug-likeness (QED) is 0.807. The molecule has 1 aromatic carbocycles. The number of hydrogen-bond acceptors (Lipinski definition) is 3. The Labute approximate surface area is 123 Å². The largest absolute Gasteiger partial charge is 0.381 e. The summed E-state index contributed by atoms with van der Waals surface area (Å²) in [6, 6.07) is 6.37. The number of rotatable bonds is 1. The number of aromatic nitrogens is 1. The Morgan fingerprint density at radius 2 is 2.14 bits per heavy atom. The highest BCUT2D eigenvalue weighted by Crippen LogP contribution is 2.33. The standard InChI is InChI=1S/C17H18N2O2/c1-11-9-14-15(16-13(11)3-2-6-18-16)10-19(17(14)20)12-4-7-21-8-5-12/h2-3,6,9,12H,4-5,7-8,10H2,1H3. The van der Waals surface area contributed by atoms with E-state index in [2.05, 4.69) is 18.0 Å². The normalized spacial score (nSPS) is 19.3. The van der Waals surface area contributed by atoms with Crippen molar-refractivity contribution >= 4 is 16.8 Å². The summed E-state index contributed by atoms with van der Waals surface area (Å²) in [6.07, 6.45) is 3.68. The van der Waals surface area contributed by atoms with E-state index in [0.29, 0.717) is 12.6 Å². The number of nitrogens with zero attached hydrogens (tertiary/aromatic N) is 2. The van der Waals surface area contributed by atoms with E-state index in [9.17, 15) is 4.79 Å². The molecule has 0 spiro atoms. The Hall–Kier alpha value is -1.94. The maximum Gasteiger partial charge on any atom is 0.254 e. The van der Waals surface area contributed by atoms with Crippen LogP contribution < -0.4 is 0 Å². The minimum atomic E-state index is 0.160. The number of hydrogen-bond donors (Lipinski definition) is 0. The van der Waals surface area contributed by atoms with Gasteiger partial charge in [-0.05, 0) is 37.5 Å². The number of amides is 1. The predicted octanol–water partition coefficient (Wildman–Crippen LogP) is 2.68. The molecule has 4 heteroatoms. The number of fused-ring (bicyclic) bond motifs is 3. The number of benzene rings is 1. The van der Waals surface area contributed by atoms with Crippen LogP contribution in [0.25, 0.3) is 10.9 Å². The van der Waals surface area contributed by atoms with E-state index in [-0.39, 0.29) is 5.91 Å². The molecule has 0 N–H and O–H groups in total. The van der Waals surface area contributed by atoms with Gasteiger partial charge in [-0.15, -0.1) is 0 Å². The van der Waals surface area contributed by atoms with Gasteiger partial charge in [-0.2, -0.15) is 0 Å². The summed E-state index contributed by atoms with van der Waals surface area (Å²) in [4.78, 5) is 19.3. The first-order valence-corrected chi connectivity index (χ1v) is 7.51. The molecule has 21 heavy (non-hydrogen) atoms. The summed E-state index contributed by atoms with van der Waals surface area (Å²) in [5.41, 5.74) is 4.03. The average Bonchev–Trinajstić information content (AvgIpc) is 2.86. The van der Waals surface area contributed by atoms with Gasteiger partial charge in [0.1, 0.15) is 0 Å². The first-order chi connectivity index (χ1) is 10.3. The number of aryl methyl sites for hydroxylation is 1. The SMILES string of the molecule is Cc1cc2c(c3ncccc13)CN(C1CCOCC1)C2=O. The zero-order valence-electron chi connectivity index (χ0n) is 12.1. The summed E-state index contributed by atoms with van der Waals surface area (Å²) < 4.78 is 5.41. The van der Waals surface area contributed by atoms with Crippen molar-refractivity contribution in [2.75, 3.05) is 13.2 Å². The molecule has 0 atom stereocenters. The van der Waals surface area contributed by atoms with Crippen LogP contribution in [0.1, 0.15) is 34.3 Å². The van der Waals surface area contributed by atoms with Crippen molar-refractivity contribution < 1.29 is 9.53 Å². The zero-order chi connectivity index (χ0) is 14.4. The van der Waals surface area contributed by atoms with Gasteiger partial charge in [-0.25, -0.2) is 0 Å². The second-order valence-corrected chi connectivity index (χ2v) is 5.90. The lowest BCUT2D eigenvalue weighted by Gasteiger charge is -2.30. The van der Waals surface area contributed by atoms with E-state index in [1.807, 2.05) is 23.2 Å². The fourth-order valence-corrected chi connectivity index (χ4v) is 3.51. The number of carbonyl (C=O) groups is 1. The molecule has 1 amide bonds. The van der Waals surface area contributed by atoms with E-state index < -0.39 is 0 Å². The Balaban J connectivity index is 1.80. The van der Waals surface area contributed by atoms with E-state index in [4.69, 9.17) is 4.74 Å². The van der Waals surface area contributed by atoms with Gasteiger partial charge < -0.3 is 9.64 Å². The minimum Gasteiger partial charge on any atom is -0.381 e. The van der Waals surface area contributed by atoms with Crippen molar-refractivity contribution in [3.05, 3.63) is 41.1 Å². The van der Waals surface area contributed by atoms with E-state index in [1.165, 1.54) is 0 Å². The van der Waals surface area contributed by atoms with Crippen molar-refractivity contribution in [1.82, 2.24) is 9.88 Å². The minimum absolute atomic E-state index is 0.160. The highest BCUT2D eigenvalue weighted by molar-refractivity contribution is 6.04. The van der Waals surface area contributed by atoms with Crippen molar-refractivity contribution in [3.8, 4) is 0 Å². The first kappa shape index (κ1) is 12.8. The van der Waals surface area contributed by atoms with Crippen LogP contribution in [0.15, 0.2) is 24.4 Å². The maximum atomic E-state index is 12.7. The lowest BCUT2D eigenvalue weighted by molar-refractivity contribution is 0.0304. The molecule has 0 saturated carbocycles. The molecule has 0 aliphatic carbocycles. The smallest absolute Gasteiger partial charge is 0.254 e. The Morgan fingerprint density at radius 1 is 1.33 bits per heavy atom. The Morgan fingerprint density at radius 3 is 2.95 bits per heavy atom. The van der Waals surface area contributed by atoms with Crippen molar-refractivity contribution in [3.63, 3.8) is 0 Å². The summed E-state index contributed by atoms with van der Waals surface area (Å²) in [6.45, 7) is 4.24. The van der Waals surface area contributed by atoms with Gasteiger partial charge in [0, 0.05) is 48.5 Å². The fraction of sp³-hybridized carbons (Fsp3) is 0.412. The second kappa shape index (κ2) is 4.81. The predicted molar refractivity (Wildman–Crippen MR) is 80.2 cm³/mol. The van der Waals surface area contributed by atoms with Crippen LogP contribution in [-0.2, 0) is 11.3 Å². The van der Waals surface area contributed by atoms with E-state index in [0.717, 1.165) is 53.6 Å². The molecule has 108 valence electrons. The number of ether oxygens (including phenoxy) is 1. The van der Waals surface area contributed by atoms with Crippen LogP contribution in [0.4, 0.5) is 0 Å². The third-order valence-corrected chi connectivity index (χ3v) is 4.66. The number of carbonyl (C=O) groups excluding carboxylic acids is 1. The molecule has 3 heterocycles. The van der Waals surface area contributed by atoms with Gasteiger partial charge in [-0.3, -0.25) is 9.78 Å². The lowest BCUT2D eigenvalue weighted by atomic mass is 10.0. The second-order valence-electron chi connectivity index (χ2n) is 5.90. The van der Waals surface area contributed by atoms with Gasteiger partial charge in [-0.1, -0.05) is 6.07 Å². The van der Waals surface area contributed by atoms with E-state index in [1.54, 1.807) is 0 Å². The molecule has 2 aliphatic rings. The van der Waals surface area contributed by atoms with Crippen molar-refractivity contribution in [1.29, 1.82) is 0 Å². The third kappa shape index (κ3) is 1.94. The van der Waals surface area contributed by atoms with Crippen LogP contribution in [0.2, 0.25) is 0 Å². The molecule has 1 fully saturated rings. The number of pyridine rings is 1. The third-order valence-electron chi connectivity index (χ3n) is 4.66. The molecule has 4 rings (SSSR count). The summed E-state index contributed by atoms with van der Waals surface area (Å²) in [5.74, 6) is 0.160. The summed E-state index contributed by atoms with van der Waals surface area (Å²) in [5, 5.41) is 1.15. The monoisotopic (exact) mass is 282 g/mol. The lowest BCUT2D eigenvalue weighted by Crippen LogP contribution is -2.39. The molecule has 4 nitrogen and oxygen atoms in total. The highest BCUT2D eigenvalue weighted by atomic mass is 16.5. The summed E-state index contributed by atoms with van der Waals surface area (Å²) in [7, 11) is 0. The van der Waals surface area contributed by atoms with Crippen LogP contribution in [0, 0.1) is 6.92 Å². The molecule has 0 unspecified atom stereocenters. The van der Waals surface area contributed by atoms with Gasteiger partial charge in [0.05, 0.1) is 5.52 Å². The zero-order valence-corrected chi connectivity index (χ0v) is 12.1. The van der Waals surface area contributed by atoms with Gasteiger partial charge in [0.15, 0.2) is 0 Å². The topological polar surface area (TPSA) is 42.4 Å². The molecule has 2 aromatic rings. The molecule has 1 saturated heterocycles. The molecular formula is C17H18N2O2. The van der Waals surface area contributed by atoms with Crippen molar-refractivity contribution in [2.45, 2.75) is 32.4 Å². The van der Waals surface area contributed by atoms with Gasteiger partial charge >= 0.3 is 0 Å². The highest BCUT2D eigenvalue weighted by Gasteiger charge is 2.35. The average molecular weight is 282 g/mol. The fourth-order valence-electron chi connectivity index (χ4n) is 3.51. The van der Waals surface area contributed by atoms with Crippen molar-refractivity contribution in [2.24, 2.45) is 0 Å². The summed E-state index contributed by atoms with van der Waals surface area (Å²) >= 11 is 0. The van der Waals surface area contributed by atoms with E-state index >= 15 is 0 Å². The van der Waals surface area contributed by atoms with Crippen LogP contribution >= 0.6 is 0 Å². The Bertz CT molecular complexity index is 720. The van der Waals surface area contributed by atoms with Crippen LogP contribution in [-0.4, -0.2) is 35.0 Å². The molecule has 1 aromatic heterocycles. The molecule has 0 radical (unpaired) electrons. The van der Waals surface area contributed by atoms with Crippen LogP contribution in [0.5, 0.6) is 0 Å². The molecule has 0 bridgehead atoms. The first-order valence-electron chi connectivity index (χ1n) is 7.51. The Kier molecular flexibility index (Phi) is 2.93. The molecular weight excluding hydrogens is 264 g/mol. The maximum absolute atomic E-state index is 12.7. The molecule has 2 aliphatic heterocycles.